The minimum absolute atomic E-state index is 0.0862. The zero-order chi connectivity index (χ0) is 14.0. The lowest BCUT2D eigenvalue weighted by Gasteiger charge is -2.17. The molecule has 1 saturated carbocycles. The van der Waals surface area contributed by atoms with Gasteiger partial charge in [0.2, 0.25) is 6.10 Å². The summed E-state index contributed by atoms with van der Waals surface area (Å²) in [5, 5.41) is 9.03. The van der Waals surface area contributed by atoms with Gasteiger partial charge in [-0.25, -0.2) is 9.18 Å². The fourth-order valence-electron chi connectivity index (χ4n) is 1.82. The SMILES string of the molecule is COC[C@H](Oc1cc(F)c(Br)cc1C1CC1)C(=O)O. The quantitative estimate of drug-likeness (QED) is 0.870. The molecule has 19 heavy (non-hydrogen) atoms. The molecule has 6 heteroatoms. The molecule has 1 atom stereocenters. The number of aliphatic carboxylic acids is 1. The fraction of sp³-hybridized carbons (Fsp3) is 0.462. The Morgan fingerprint density at radius 2 is 2.26 bits per heavy atom. The van der Waals surface area contributed by atoms with Gasteiger partial charge in [-0.1, -0.05) is 0 Å². The molecule has 1 aliphatic rings. The zero-order valence-electron chi connectivity index (χ0n) is 10.4. The van der Waals surface area contributed by atoms with Gasteiger partial charge in [-0.3, -0.25) is 0 Å². The second kappa shape index (κ2) is 5.88. The lowest BCUT2D eigenvalue weighted by Crippen LogP contribution is -2.32. The van der Waals surface area contributed by atoms with Crippen molar-refractivity contribution in [2.24, 2.45) is 0 Å². The second-order valence-electron chi connectivity index (χ2n) is 4.48. The van der Waals surface area contributed by atoms with Crippen LogP contribution in [0.5, 0.6) is 5.75 Å². The summed E-state index contributed by atoms with van der Waals surface area (Å²) >= 11 is 3.13. The van der Waals surface area contributed by atoms with Gasteiger partial charge in [0.05, 0.1) is 11.1 Å². The van der Waals surface area contributed by atoms with E-state index in [0.29, 0.717) is 10.4 Å². The smallest absolute Gasteiger partial charge is 0.347 e. The number of methoxy groups -OCH3 is 1. The van der Waals surface area contributed by atoms with Crippen molar-refractivity contribution in [1.82, 2.24) is 0 Å². The minimum atomic E-state index is -1.14. The maximum absolute atomic E-state index is 13.6. The first-order chi connectivity index (χ1) is 9.02. The first-order valence-corrected chi connectivity index (χ1v) is 6.69. The normalized spacial score (nSPS) is 16.2. The van der Waals surface area contributed by atoms with Crippen molar-refractivity contribution in [3.05, 3.63) is 28.0 Å². The first-order valence-electron chi connectivity index (χ1n) is 5.90. The Hall–Kier alpha value is -1.14. The molecule has 0 spiro atoms. The monoisotopic (exact) mass is 332 g/mol. The maximum atomic E-state index is 13.6. The summed E-state index contributed by atoms with van der Waals surface area (Å²) in [4.78, 5) is 11.0. The number of carboxylic acid groups (broad SMARTS) is 1. The van der Waals surface area contributed by atoms with E-state index in [4.69, 9.17) is 14.6 Å². The summed E-state index contributed by atoms with van der Waals surface area (Å²) in [6, 6.07) is 2.89. The largest absolute Gasteiger partial charge is 0.478 e. The van der Waals surface area contributed by atoms with Gasteiger partial charge in [-0.05, 0) is 46.3 Å². The van der Waals surface area contributed by atoms with E-state index in [1.807, 2.05) is 0 Å². The zero-order valence-corrected chi connectivity index (χ0v) is 11.9. The van der Waals surface area contributed by atoms with Gasteiger partial charge in [0.15, 0.2) is 0 Å². The van der Waals surface area contributed by atoms with Crippen molar-refractivity contribution in [2.45, 2.75) is 24.9 Å². The summed E-state index contributed by atoms with van der Waals surface area (Å²) in [5.74, 6) is -0.996. The van der Waals surface area contributed by atoms with Gasteiger partial charge in [-0.15, -0.1) is 0 Å². The topological polar surface area (TPSA) is 55.8 Å². The Kier molecular flexibility index (Phi) is 4.42. The van der Waals surface area contributed by atoms with E-state index >= 15 is 0 Å². The van der Waals surface area contributed by atoms with Gasteiger partial charge in [0.25, 0.3) is 0 Å². The lowest BCUT2D eigenvalue weighted by atomic mass is 10.1. The standard InChI is InChI=1S/C13H14BrFO4/c1-18-6-12(13(16)17)19-11-5-10(15)9(14)4-8(11)7-2-3-7/h4-5,7,12H,2-3,6H2,1H3,(H,16,17)/t12-/m0/s1. The molecule has 0 saturated heterocycles. The summed E-state index contributed by atoms with van der Waals surface area (Å²) in [7, 11) is 1.39. The fourth-order valence-corrected chi connectivity index (χ4v) is 2.18. The van der Waals surface area contributed by atoms with Gasteiger partial charge in [0, 0.05) is 13.2 Å². The van der Waals surface area contributed by atoms with Crippen LogP contribution in [-0.4, -0.2) is 30.9 Å². The van der Waals surface area contributed by atoms with E-state index in [2.05, 4.69) is 15.9 Å². The molecule has 0 heterocycles. The van der Waals surface area contributed by atoms with Crippen LogP contribution in [-0.2, 0) is 9.53 Å². The van der Waals surface area contributed by atoms with Crippen molar-refractivity contribution in [2.75, 3.05) is 13.7 Å². The second-order valence-corrected chi connectivity index (χ2v) is 5.33. The predicted molar refractivity (Wildman–Crippen MR) is 70.0 cm³/mol. The van der Waals surface area contributed by atoms with Crippen LogP contribution in [0, 0.1) is 5.82 Å². The molecule has 1 aromatic rings. The molecule has 1 aromatic carbocycles. The summed E-state index contributed by atoms with van der Waals surface area (Å²) < 4.78 is 24.1. The first kappa shape index (κ1) is 14.3. The maximum Gasteiger partial charge on any atom is 0.347 e. The van der Waals surface area contributed by atoms with Crippen LogP contribution in [0.25, 0.3) is 0 Å². The Morgan fingerprint density at radius 1 is 1.58 bits per heavy atom. The van der Waals surface area contributed by atoms with E-state index in [-0.39, 0.29) is 12.4 Å². The molecule has 2 rings (SSSR count). The van der Waals surface area contributed by atoms with E-state index in [1.165, 1.54) is 13.2 Å². The van der Waals surface area contributed by atoms with E-state index in [9.17, 15) is 9.18 Å². The van der Waals surface area contributed by atoms with E-state index < -0.39 is 17.9 Å². The molecular weight excluding hydrogens is 319 g/mol. The third-order valence-electron chi connectivity index (χ3n) is 2.93. The molecule has 0 radical (unpaired) electrons. The van der Waals surface area contributed by atoms with Crippen LogP contribution in [0.2, 0.25) is 0 Å². The molecule has 1 fully saturated rings. The Morgan fingerprint density at radius 3 is 2.79 bits per heavy atom. The van der Waals surface area contributed by atoms with E-state index in [1.54, 1.807) is 6.07 Å². The molecule has 0 unspecified atom stereocenters. The lowest BCUT2D eigenvalue weighted by molar-refractivity contribution is -0.147. The molecule has 0 bridgehead atoms. The van der Waals surface area contributed by atoms with Crippen LogP contribution in [0.15, 0.2) is 16.6 Å². The van der Waals surface area contributed by atoms with Crippen LogP contribution in [0.4, 0.5) is 4.39 Å². The number of rotatable bonds is 6. The van der Waals surface area contributed by atoms with Gasteiger partial charge >= 0.3 is 5.97 Å². The van der Waals surface area contributed by atoms with Crippen LogP contribution >= 0.6 is 15.9 Å². The number of carboxylic acids is 1. The third kappa shape index (κ3) is 3.45. The van der Waals surface area contributed by atoms with Crippen LogP contribution in [0.1, 0.15) is 24.3 Å². The molecule has 1 aliphatic carbocycles. The van der Waals surface area contributed by atoms with Gasteiger partial charge < -0.3 is 14.6 Å². The average molecular weight is 333 g/mol. The minimum Gasteiger partial charge on any atom is -0.478 e. The molecule has 0 aliphatic heterocycles. The number of halogens is 2. The molecule has 0 aromatic heterocycles. The molecule has 0 amide bonds. The summed E-state index contributed by atoms with van der Waals surface area (Å²) in [6.45, 7) is -0.0862. The summed E-state index contributed by atoms with van der Waals surface area (Å²) in [5.41, 5.74) is 0.843. The Bertz CT molecular complexity index is 488. The highest BCUT2D eigenvalue weighted by Gasteiger charge is 2.30. The highest BCUT2D eigenvalue weighted by molar-refractivity contribution is 9.10. The van der Waals surface area contributed by atoms with Gasteiger partial charge in [0.1, 0.15) is 11.6 Å². The molecule has 1 N–H and O–H groups in total. The Labute approximate surface area is 118 Å². The van der Waals surface area contributed by atoms with Crippen molar-refractivity contribution in [3.8, 4) is 5.75 Å². The highest BCUT2D eigenvalue weighted by Crippen LogP contribution is 2.46. The van der Waals surface area contributed by atoms with Crippen molar-refractivity contribution in [1.29, 1.82) is 0 Å². The number of ether oxygens (including phenoxy) is 2. The molecular formula is C13H14BrFO4. The average Bonchev–Trinajstić information content (AvgIpc) is 3.16. The summed E-state index contributed by atoms with van der Waals surface area (Å²) in [6.07, 6.45) is 0.885. The highest BCUT2D eigenvalue weighted by atomic mass is 79.9. The molecule has 104 valence electrons. The van der Waals surface area contributed by atoms with Crippen LogP contribution < -0.4 is 4.74 Å². The van der Waals surface area contributed by atoms with Crippen molar-refractivity contribution >= 4 is 21.9 Å². The van der Waals surface area contributed by atoms with Crippen LogP contribution in [0.3, 0.4) is 0 Å². The van der Waals surface area contributed by atoms with Crippen molar-refractivity contribution < 1.29 is 23.8 Å². The van der Waals surface area contributed by atoms with Gasteiger partial charge in [-0.2, -0.15) is 0 Å². The van der Waals surface area contributed by atoms with Crippen molar-refractivity contribution in [3.63, 3.8) is 0 Å². The van der Waals surface area contributed by atoms with E-state index in [0.717, 1.165) is 18.4 Å². The number of hydrogen-bond donors (Lipinski definition) is 1. The number of benzene rings is 1. The Balaban J connectivity index is 2.27. The molecule has 4 nitrogen and oxygen atoms in total. The predicted octanol–water partition coefficient (Wildman–Crippen LogP) is 2.94. The number of hydrogen-bond acceptors (Lipinski definition) is 3. The third-order valence-corrected chi connectivity index (χ3v) is 3.54. The number of carbonyl (C=O) groups is 1.